The van der Waals surface area contributed by atoms with E-state index in [4.69, 9.17) is 10.5 Å². The van der Waals surface area contributed by atoms with Crippen molar-refractivity contribution in [2.75, 3.05) is 48.4 Å². The number of anilines is 4. The lowest BCUT2D eigenvalue weighted by atomic mass is 9.99. The Morgan fingerprint density at radius 1 is 0.959 bits per heavy atom. The number of benzene rings is 3. The SMILES string of the molecule is C[C@H](CO)N1C[C@H](C)[C@H](CN(C)C(=O)Nc2ccc(F)cc2)Oc2c(NC(=O)CCCCCC(=O)Nc3ccccc3N)cccc2C1=O. The minimum Gasteiger partial charge on any atom is -0.485 e. The molecule has 0 fully saturated rings. The Hall–Kier alpha value is -5.17. The van der Waals surface area contributed by atoms with E-state index in [-0.39, 0.29) is 67.5 Å². The number of likely N-dealkylation sites (N-methyl/N-ethyl adjacent to an activating group) is 1. The summed E-state index contributed by atoms with van der Waals surface area (Å²) in [6.07, 6.45) is 1.63. The molecule has 1 aliphatic heterocycles. The number of nitrogens with zero attached hydrogens (tertiary/aromatic N) is 2. The van der Waals surface area contributed by atoms with Crippen molar-refractivity contribution in [1.29, 1.82) is 0 Å². The number of carbonyl (C=O) groups excluding carboxylic acids is 4. The molecule has 0 saturated heterocycles. The number of nitrogens with one attached hydrogen (secondary N) is 3. The van der Waals surface area contributed by atoms with Crippen molar-refractivity contribution < 1.29 is 33.4 Å². The number of halogens is 1. The van der Waals surface area contributed by atoms with Crippen molar-refractivity contribution in [1.82, 2.24) is 9.80 Å². The van der Waals surface area contributed by atoms with E-state index in [9.17, 15) is 28.7 Å². The molecule has 6 N–H and O–H groups in total. The van der Waals surface area contributed by atoms with Crippen LogP contribution in [-0.4, -0.2) is 77.5 Å². The van der Waals surface area contributed by atoms with Gasteiger partial charge in [0.05, 0.1) is 41.8 Å². The van der Waals surface area contributed by atoms with Gasteiger partial charge in [-0.2, -0.15) is 0 Å². The Bertz CT molecular complexity index is 1620. The van der Waals surface area contributed by atoms with Gasteiger partial charge < -0.3 is 41.3 Å². The van der Waals surface area contributed by atoms with Crippen molar-refractivity contribution in [3.8, 4) is 5.75 Å². The molecule has 3 aromatic rings. The number of fused-ring (bicyclic) bond motifs is 1. The van der Waals surface area contributed by atoms with E-state index in [0.717, 1.165) is 0 Å². The minimum atomic E-state index is -0.611. The van der Waals surface area contributed by atoms with Crippen molar-refractivity contribution in [3.63, 3.8) is 0 Å². The third-order valence-corrected chi connectivity index (χ3v) is 8.40. The first-order valence-corrected chi connectivity index (χ1v) is 16.4. The van der Waals surface area contributed by atoms with Crippen LogP contribution in [0.2, 0.25) is 0 Å². The maximum atomic E-state index is 13.8. The summed E-state index contributed by atoms with van der Waals surface area (Å²) in [5, 5.41) is 18.4. The van der Waals surface area contributed by atoms with E-state index in [2.05, 4.69) is 16.0 Å². The van der Waals surface area contributed by atoms with Gasteiger partial charge in [0, 0.05) is 38.0 Å². The van der Waals surface area contributed by atoms with Crippen LogP contribution >= 0.6 is 0 Å². The molecule has 0 aromatic heterocycles. The van der Waals surface area contributed by atoms with Crippen molar-refractivity contribution in [2.45, 2.75) is 58.1 Å². The molecule has 12 nitrogen and oxygen atoms in total. The zero-order valence-corrected chi connectivity index (χ0v) is 28.1. The third-order valence-electron chi connectivity index (χ3n) is 8.40. The van der Waals surface area contributed by atoms with Crippen LogP contribution in [0.25, 0.3) is 0 Å². The number of ether oxygens (including phenoxy) is 1. The van der Waals surface area contributed by atoms with E-state index < -0.39 is 24.0 Å². The first kappa shape index (κ1) is 36.7. The molecule has 0 unspecified atom stereocenters. The van der Waals surface area contributed by atoms with Crippen molar-refractivity contribution in [3.05, 3.63) is 78.1 Å². The molecule has 1 heterocycles. The molecule has 49 heavy (non-hydrogen) atoms. The number of hydrogen-bond acceptors (Lipinski definition) is 7. The average molecular weight is 677 g/mol. The zero-order valence-electron chi connectivity index (χ0n) is 28.1. The molecule has 0 radical (unpaired) electrons. The molecule has 0 saturated carbocycles. The van der Waals surface area contributed by atoms with E-state index in [0.29, 0.717) is 42.0 Å². The smallest absolute Gasteiger partial charge is 0.321 e. The molecule has 0 bridgehead atoms. The topological polar surface area (TPSA) is 166 Å². The lowest BCUT2D eigenvalue weighted by Gasteiger charge is -2.38. The molecule has 3 aromatic carbocycles. The number of nitrogen functional groups attached to an aromatic ring is 1. The third kappa shape index (κ3) is 10.2. The summed E-state index contributed by atoms with van der Waals surface area (Å²) in [6, 6.07) is 16.4. The fraction of sp³-hybridized carbons (Fsp3) is 0.389. The molecule has 5 amide bonds. The number of para-hydroxylation sites is 3. The Labute approximate surface area is 285 Å². The number of amides is 5. The first-order valence-electron chi connectivity index (χ1n) is 16.4. The highest BCUT2D eigenvalue weighted by molar-refractivity contribution is 6.01. The largest absolute Gasteiger partial charge is 0.485 e. The Kier molecular flexibility index (Phi) is 12.9. The van der Waals surface area contributed by atoms with Crippen LogP contribution in [-0.2, 0) is 9.59 Å². The Balaban J connectivity index is 1.42. The summed E-state index contributed by atoms with van der Waals surface area (Å²) in [5.41, 5.74) is 7.90. The molecule has 0 aliphatic carbocycles. The van der Waals surface area contributed by atoms with Crippen LogP contribution in [0.15, 0.2) is 66.7 Å². The molecule has 0 spiro atoms. The molecule has 3 atom stereocenters. The van der Waals surface area contributed by atoms with E-state index >= 15 is 0 Å². The number of urea groups is 1. The van der Waals surface area contributed by atoms with Gasteiger partial charge in [-0.3, -0.25) is 14.4 Å². The van der Waals surface area contributed by atoms with Gasteiger partial charge in [-0.1, -0.05) is 31.5 Å². The van der Waals surface area contributed by atoms with Gasteiger partial charge >= 0.3 is 6.03 Å². The highest BCUT2D eigenvalue weighted by Gasteiger charge is 2.35. The zero-order chi connectivity index (χ0) is 35.5. The van der Waals surface area contributed by atoms with Gasteiger partial charge in [-0.25, -0.2) is 9.18 Å². The fourth-order valence-electron chi connectivity index (χ4n) is 5.45. The van der Waals surface area contributed by atoms with Gasteiger partial charge in [-0.15, -0.1) is 0 Å². The summed E-state index contributed by atoms with van der Waals surface area (Å²) in [6.45, 7) is 3.76. The molecule has 4 rings (SSSR count). The molecular formula is C36H45FN6O6. The highest BCUT2D eigenvalue weighted by atomic mass is 19.1. The number of carbonyl (C=O) groups is 4. The van der Waals surface area contributed by atoms with Crippen LogP contribution in [0.5, 0.6) is 5.75 Å². The fourth-order valence-corrected chi connectivity index (χ4v) is 5.45. The van der Waals surface area contributed by atoms with Crippen LogP contribution < -0.4 is 26.4 Å². The van der Waals surface area contributed by atoms with Gasteiger partial charge in [0.15, 0.2) is 5.75 Å². The number of aliphatic hydroxyl groups excluding tert-OH is 1. The number of nitrogens with two attached hydrogens (primary N) is 1. The van der Waals surface area contributed by atoms with Crippen LogP contribution in [0, 0.1) is 11.7 Å². The number of hydrogen-bond donors (Lipinski definition) is 5. The maximum Gasteiger partial charge on any atom is 0.321 e. The summed E-state index contributed by atoms with van der Waals surface area (Å²) < 4.78 is 19.8. The summed E-state index contributed by atoms with van der Waals surface area (Å²) in [5.74, 6) is -1.32. The van der Waals surface area contributed by atoms with Gasteiger partial charge in [-0.05, 0) is 68.3 Å². The van der Waals surface area contributed by atoms with Gasteiger partial charge in [0.25, 0.3) is 5.91 Å². The molecule has 13 heteroatoms. The number of unbranched alkanes of at least 4 members (excludes halogenated alkanes) is 2. The summed E-state index contributed by atoms with van der Waals surface area (Å²) >= 11 is 0. The van der Waals surface area contributed by atoms with Crippen molar-refractivity contribution in [2.24, 2.45) is 5.92 Å². The number of rotatable bonds is 13. The average Bonchev–Trinajstić information content (AvgIpc) is 3.08. The van der Waals surface area contributed by atoms with Gasteiger partial charge in [0.1, 0.15) is 11.9 Å². The molecular weight excluding hydrogens is 631 g/mol. The first-order chi connectivity index (χ1) is 23.5. The van der Waals surface area contributed by atoms with Gasteiger partial charge in [0.2, 0.25) is 11.8 Å². The predicted molar refractivity (Wildman–Crippen MR) is 187 cm³/mol. The van der Waals surface area contributed by atoms with E-state index in [1.165, 1.54) is 29.2 Å². The Morgan fingerprint density at radius 2 is 1.59 bits per heavy atom. The second kappa shape index (κ2) is 17.3. The second-order valence-corrected chi connectivity index (χ2v) is 12.4. The molecule has 262 valence electrons. The van der Waals surface area contributed by atoms with Crippen molar-refractivity contribution >= 4 is 46.5 Å². The Morgan fingerprint density at radius 3 is 2.24 bits per heavy atom. The highest BCUT2D eigenvalue weighted by Crippen LogP contribution is 2.35. The normalized spacial score (nSPS) is 16.3. The summed E-state index contributed by atoms with van der Waals surface area (Å²) in [4.78, 5) is 55.2. The monoisotopic (exact) mass is 676 g/mol. The quantitative estimate of drug-likeness (QED) is 0.121. The minimum absolute atomic E-state index is 0.121. The number of aliphatic hydroxyl groups is 1. The lowest BCUT2D eigenvalue weighted by Crippen LogP contribution is -2.50. The van der Waals surface area contributed by atoms with Crippen LogP contribution in [0.4, 0.5) is 31.9 Å². The predicted octanol–water partition coefficient (Wildman–Crippen LogP) is 5.32. The van der Waals surface area contributed by atoms with Crippen LogP contribution in [0.3, 0.4) is 0 Å². The lowest BCUT2D eigenvalue weighted by molar-refractivity contribution is -0.116. The van der Waals surface area contributed by atoms with E-state index in [1.807, 2.05) is 6.92 Å². The summed E-state index contributed by atoms with van der Waals surface area (Å²) in [7, 11) is 1.60. The molecule has 1 aliphatic rings. The van der Waals surface area contributed by atoms with Crippen LogP contribution in [0.1, 0.15) is 56.3 Å². The second-order valence-electron chi connectivity index (χ2n) is 12.4. The standard InChI is InChI=1S/C36H45FN6O6/c1-23-20-43(24(2)22-44)35(47)27-10-9-13-30(34(27)49-31(23)21-42(3)36(48)39-26-18-16-25(37)17-19-26)41-33(46)15-6-4-5-14-32(45)40-29-12-8-7-11-28(29)38/h7-13,16-19,23-24,31,44H,4-6,14-15,20-22,38H2,1-3H3,(H,39,48)(H,40,45)(H,41,46)/t23-,24+,31-/m0/s1. The van der Waals surface area contributed by atoms with E-state index in [1.54, 1.807) is 61.3 Å². The maximum absolute atomic E-state index is 13.8.